The molecule has 0 bridgehead atoms. The highest BCUT2D eigenvalue weighted by atomic mass is 32.1. The van der Waals surface area contributed by atoms with E-state index in [4.69, 9.17) is 9.15 Å². The summed E-state index contributed by atoms with van der Waals surface area (Å²) in [6, 6.07) is 19.1. The smallest absolute Gasteiger partial charge is 0.346 e. The van der Waals surface area contributed by atoms with Crippen molar-refractivity contribution < 1.29 is 14.3 Å². The molecule has 9 heteroatoms. The van der Waals surface area contributed by atoms with Crippen molar-refractivity contribution in [2.75, 3.05) is 5.32 Å². The van der Waals surface area contributed by atoms with Crippen LogP contribution in [0.5, 0.6) is 5.75 Å². The zero-order valence-electron chi connectivity index (χ0n) is 18.2. The van der Waals surface area contributed by atoms with Crippen LogP contribution < -0.4 is 15.7 Å². The molecular weight excluding hydrogens is 452 g/mol. The van der Waals surface area contributed by atoms with Crippen molar-refractivity contribution in [2.45, 2.75) is 20.1 Å². The second kappa shape index (κ2) is 9.42. The maximum absolute atomic E-state index is 12.6. The van der Waals surface area contributed by atoms with Gasteiger partial charge < -0.3 is 19.6 Å². The lowest BCUT2D eigenvalue weighted by atomic mass is 10.1. The summed E-state index contributed by atoms with van der Waals surface area (Å²) in [6.45, 7) is 2.03. The number of ether oxygens (including phenoxy) is 1. The Bertz CT molecular complexity index is 1500. The molecule has 5 aromatic rings. The van der Waals surface area contributed by atoms with Gasteiger partial charge in [0.15, 0.2) is 10.6 Å². The van der Waals surface area contributed by atoms with Gasteiger partial charge in [-0.3, -0.25) is 4.98 Å². The van der Waals surface area contributed by atoms with Crippen molar-refractivity contribution in [3.8, 4) is 16.3 Å². The van der Waals surface area contributed by atoms with E-state index in [0.717, 1.165) is 17.0 Å². The van der Waals surface area contributed by atoms with Gasteiger partial charge in [0.05, 0.1) is 17.9 Å². The van der Waals surface area contributed by atoms with Gasteiger partial charge in [0, 0.05) is 22.8 Å². The second-order valence-corrected chi connectivity index (χ2v) is 8.53. The van der Waals surface area contributed by atoms with Crippen molar-refractivity contribution >= 4 is 33.1 Å². The summed E-state index contributed by atoms with van der Waals surface area (Å²) in [5.41, 5.74) is 3.16. The molecule has 2 aromatic carbocycles. The molecule has 8 nitrogen and oxygen atoms in total. The van der Waals surface area contributed by atoms with Crippen LogP contribution in [0.1, 0.15) is 16.8 Å². The summed E-state index contributed by atoms with van der Waals surface area (Å²) in [5.74, 6) is 0.755. The van der Waals surface area contributed by atoms with Crippen molar-refractivity contribution in [3.05, 3.63) is 94.1 Å². The number of rotatable bonds is 7. The Morgan fingerprint density at radius 2 is 1.88 bits per heavy atom. The molecule has 3 heterocycles. The van der Waals surface area contributed by atoms with Crippen LogP contribution in [0, 0.1) is 6.92 Å². The Kier molecular flexibility index (Phi) is 6.03. The van der Waals surface area contributed by atoms with Gasteiger partial charge >= 0.3 is 5.63 Å². The summed E-state index contributed by atoms with van der Waals surface area (Å²) in [5, 5.41) is 22.7. The molecule has 5 rings (SSSR count). The molecule has 0 unspecified atom stereocenters. The molecule has 0 aliphatic carbocycles. The van der Waals surface area contributed by atoms with Crippen molar-refractivity contribution in [1.82, 2.24) is 15.2 Å². The summed E-state index contributed by atoms with van der Waals surface area (Å²) >= 11 is 1.23. The maximum Gasteiger partial charge on any atom is 0.346 e. The topological polar surface area (TPSA) is 110 Å². The van der Waals surface area contributed by atoms with Gasteiger partial charge in [0.2, 0.25) is 5.13 Å². The van der Waals surface area contributed by atoms with Gasteiger partial charge in [-0.15, -0.1) is 10.2 Å². The van der Waals surface area contributed by atoms with Crippen LogP contribution in [0.15, 0.2) is 76.1 Å². The summed E-state index contributed by atoms with van der Waals surface area (Å²) in [7, 11) is 0. The predicted molar refractivity (Wildman–Crippen MR) is 130 cm³/mol. The number of aryl methyl sites for hydroxylation is 1. The van der Waals surface area contributed by atoms with Gasteiger partial charge in [-0.25, -0.2) is 4.79 Å². The monoisotopic (exact) mass is 472 g/mol. The molecule has 0 spiro atoms. The van der Waals surface area contributed by atoms with Crippen LogP contribution >= 0.6 is 11.3 Å². The third-order valence-electron chi connectivity index (χ3n) is 5.22. The van der Waals surface area contributed by atoms with Crippen LogP contribution in [0.3, 0.4) is 0 Å². The number of anilines is 2. The zero-order valence-corrected chi connectivity index (χ0v) is 19.0. The van der Waals surface area contributed by atoms with Crippen LogP contribution in [0.4, 0.5) is 10.8 Å². The first kappa shape index (κ1) is 21.7. The first-order valence-corrected chi connectivity index (χ1v) is 11.3. The average Bonchev–Trinajstić information content (AvgIpc) is 3.33. The first-order valence-electron chi connectivity index (χ1n) is 10.5. The standard InChI is InChI=1S/C25H20N4O4S/c1-15-22-20(17(13-30)12-26-15)11-21(24(31)33-22)23-28-29-25(34-23)27-18-7-9-19(10-8-18)32-14-16-5-3-2-4-6-16/h2-12,30H,13-14H2,1H3,(H,27,29). The molecule has 0 saturated heterocycles. The molecular formula is C25H20N4O4S. The molecule has 0 amide bonds. The fourth-order valence-electron chi connectivity index (χ4n) is 3.44. The first-order chi connectivity index (χ1) is 16.6. The van der Waals surface area contributed by atoms with Crippen LogP contribution in [0.25, 0.3) is 21.5 Å². The van der Waals surface area contributed by atoms with E-state index in [0.29, 0.717) is 39.0 Å². The zero-order chi connectivity index (χ0) is 23.5. The number of pyridine rings is 1. The second-order valence-electron chi connectivity index (χ2n) is 7.55. The highest BCUT2D eigenvalue weighted by Crippen LogP contribution is 2.30. The minimum atomic E-state index is -0.532. The largest absolute Gasteiger partial charge is 0.489 e. The van der Waals surface area contributed by atoms with Crippen molar-refractivity contribution in [3.63, 3.8) is 0 Å². The van der Waals surface area contributed by atoms with Crippen molar-refractivity contribution in [1.29, 1.82) is 0 Å². The van der Waals surface area contributed by atoms with E-state index in [2.05, 4.69) is 20.5 Å². The van der Waals surface area contributed by atoms with Crippen LogP contribution in [-0.4, -0.2) is 20.3 Å². The predicted octanol–water partition coefficient (Wildman–Crippen LogP) is 4.83. The van der Waals surface area contributed by atoms with E-state index in [1.54, 1.807) is 19.2 Å². The number of fused-ring (bicyclic) bond motifs is 1. The normalized spacial score (nSPS) is 11.0. The van der Waals surface area contributed by atoms with Gasteiger partial charge in [-0.05, 0) is 42.8 Å². The molecule has 34 heavy (non-hydrogen) atoms. The third kappa shape index (κ3) is 4.52. The number of nitrogens with one attached hydrogen (secondary N) is 1. The highest BCUT2D eigenvalue weighted by Gasteiger charge is 2.16. The molecule has 0 saturated carbocycles. The molecule has 170 valence electrons. The Balaban J connectivity index is 1.33. The minimum absolute atomic E-state index is 0.217. The van der Waals surface area contributed by atoms with Gasteiger partial charge in [0.25, 0.3) is 0 Å². The fraction of sp³-hybridized carbons (Fsp3) is 0.120. The average molecular weight is 473 g/mol. The van der Waals surface area contributed by atoms with E-state index < -0.39 is 5.63 Å². The van der Waals surface area contributed by atoms with Crippen molar-refractivity contribution in [2.24, 2.45) is 0 Å². The summed E-state index contributed by atoms with van der Waals surface area (Å²) in [6.07, 6.45) is 1.57. The number of hydrogen-bond donors (Lipinski definition) is 2. The van der Waals surface area contributed by atoms with Crippen LogP contribution in [0.2, 0.25) is 0 Å². The summed E-state index contributed by atoms with van der Waals surface area (Å²) in [4.78, 5) is 16.8. The Hall–Kier alpha value is -4.08. The number of benzene rings is 2. The molecule has 0 aliphatic heterocycles. The van der Waals surface area contributed by atoms with E-state index in [1.807, 2.05) is 54.6 Å². The molecule has 0 fully saturated rings. The molecule has 0 atom stereocenters. The summed E-state index contributed by atoms with van der Waals surface area (Å²) < 4.78 is 11.3. The molecule has 0 aliphatic rings. The SMILES string of the molecule is Cc1ncc(CO)c2cc(-c3nnc(Nc4ccc(OCc5ccccc5)cc4)s3)c(=O)oc12. The number of aliphatic hydroxyl groups is 1. The highest BCUT2D eigenvalue weighted by molar-refractivity contribution is 7.18. The molecule has 2 N–H and O–H groups in total. The maximum atomic E-state index is 12.6. The van der Waals surface area contributed by atoms with Gasteiger partial charge in [-0.2, -0.15) is 0 Å². The van der Waals surface area contributed by atoms with Gasteiger partial charge in [0.1, 0.15) is 12.4 Å². The lowest BCUT2D eigenvalue weighted by Gasteiger charge is -2.07. The molecule has 3 aromatic heterocycles. The van der Waals surface area contributed by atoms with E-state index in [9.17, 15) is 9.90 Å². The quantitative estimate of drug-likeness (QED) is 0.347. The number of aliphatic hydroxyl groups excluding tert-OH is 1. The van der Waals surface area contributed by atoms with E-state index in [1.165, 1.54) is 11.3 Å². The Labute approximate surface area is 198 Å². The Morgan fingerprint density at radius 3 is 2.65 bits per heavy atom. The number of nitrogens with zero attached hydrogens (tertiary/aromatic N) is 3. The fourth-order valence-corrected chi connectivity index (χ4v) is 4.21. The lowest BCUT2D eigenvalue weighted by Crippen LogP contribution is -2.05. The molecule has 0 radical (unpaired) electrons. The minimum Gasteiger partial charge on any atom is -0.489 e. The van der Waals surface area contributed by atoms with E-state index >= 15 is 0 Å². The number of hydrogen-bond acceptors (Lipinski definition) is 9. The van der Waals surface area contributed by atoms with Gasteiger partial charge in [-0.1, -0.05) is 41.7 Å². The Morgan fingerprint density at radius 1 is 1.09 bits per heavy atom. The third-order valence-corrected chi connectivity index (χ3v) is 6.09. The van der Waals surface area contributed by atoms with Crippen LogP contribution in [-0.2, 0) is 13.2 Å². The van der Waals surface area contributed by atoms with E-state index in [-0.39, 0.29) is 12.2 Å². The number of aromatic nitrogens is 3. The lowest BCUT2D eigenvalue weighted by molar-refractivity contribution is 0.282.